The van der Waals surface area contributed by atoms with Gasteiger partial charge >= 0.3 is 0 Å². The summed E-state index contributed by atoms with van der Waals surface area (Å²) in [5.74, 6) is -0.159. The molecule has 0 aliphatic heterocycles. The van der Waals surface area contributed by atoms with Gasteiger partial charge < -0.3 is 5.32 Å². The molecule has 0 aliphatic carbocycles. The zero-order valence-electron chi connectivity index (χ0n) is 11.3. The van der Waals surface area contributed by atoms with Crippen LogP contribution in [0.1, 0.15) is 34.5 Å². The molecule has 1 N–H and O–H groups in total. The fraction of sp³-hybridized carbons (Fsp3) is 0.333. The molecule has 0 bridgehead atoms. The number of nitrogens with one attached hydrogen (secondary N) is 1. The average molecular weight is 298 g/mol. The fourth-order valence-corrected chi connectivity index (χ4v) is 3.47. The molecule has 4 heteroatoms. The Kier molecular flexibility index (Phi) is 4.61. The summed E-state index contributed by atoms with van der Waals surface area (Å²) in [5, 5.41) is 3.34. The summed E-state index contributed by atoms with van der Waals surface area (Å²) in [6, 6.07) is 7.27. The molecule has 0 radical (unpaired) electrons. The highest BCUT2D eigenvalue weighted by molar-refractivity contribution is 7.16. The highest BCUT2D eigenvalue weighted by Gasteiger charge is 2.21. The third-order valence-corrected chi connectivity index (χ3v) is 4.35. The fourth-order valence-electron chi connectivity index (χ4n) is 2.32. The molecular weight excluding hydrogens is 281 g/mol. The number of hydrogen-bond acceptors (Lipinski definition) is 2. The lowest BCUT2D eigenvalue weighted by molar-refractivity contribution is 0.559. The van der Waals surface area contributed by atoms with Crippen molar-refractivity contribution >= 4 is 22.9 Å². The molecule has 2 rings (SSSR count). The standard InChI is InChI=1S/C15H17ClFNS/c1-4-18-15(12-5-6-13(16)19-12)14-10(3)7-9(2)8-11(14)17/h5-8,15,18H,4H2,1-3H3. The minimum Gasteiger partial charge on any atom is -0.306 e. The SMILES string of the molecule is CCNC(c1ccc(Cl)s1)c1c(C)cc(C)cc1F. The van der Waals surface area contributed by atoms with Crippen molar-refractivity contribution in [2.75, 3.05) is 6.54 Å². The van der Waals surface area contributed by atoms with E-state index in [1.165, 1.54) is 11.3 Å². The highest BCUT2D eigenvalue weighted by Crippen LogP contribution is 2.34. The van der Waals surface area contributed by atoms with Crippen molar-refractivity contribution in [3.8, 4) is 0 Å². The lowest BCUT2D eigenvalue weighted by Crippen LogP contribution is -2.23. The van der Waals surface area contributed by atoms with E-state index in [0.29, 0.717) is 5.56 Å². The Hall–Kier alpha value is -0.900. The molecule has 0 fully saturated rings. The van der Waals surface area contributed by atoms with Crippen LogP contribution in [0.3, 0.4) is 0 Å². The topological polar surface area (TPSA) is 12.0 Å². The van der Waals surface area contributed by atoms with Gasteiger partial charge in [-0.2, -0.15) is 0 Å². The number of rotatable bonds is 4. The first-order valence-electron chi connectivity index (χ1n) is 6.28. The van der Waals surface area contributed by atoms with Gasteiger partial charge in [-0.25, -0.2) is 4.39 Å². The minimum atomic E-state index is -0.159. The maximum atomic E-state index is 14.3. The maximum Gasteiger partial charge on any atom is 0.128 e. The summed E-state index contributed by atoms with van der Waals surface area (Å²) in [7, 11) is 0. The van der Waals surface area contributed by atoms with E-state index >= 15 is 0 Å². The summed E-state index contributed by atoms with van der Waals surface area (Å²) in [6.07, 6.45) is 0. The van der Waals surface area contributed by atoms with Gasteiger partial charge in [0.05, 0.1) is 10.4 Å². The van der Waals surface area contributed by atoms with E-state index < -0.39 is 0 Å². The van der Waals surface area contributed by atoms with Crippen LogP contribution in [0, 0.1) is 19.7 Å². The van der Waals surface area contributed by atoms with Crippen molar-refractivity contribution in [2.45, 2.75) is 26.8 Å². The highest BCUT2D eigenvalue weighted by atomic mass is 35.5. The largest absolute Gasteiger partial charge is 0.306 e. The van der Waals surface area contributed by atoms with E-state index in [9.17, 15) is 4.39 Å². The Balaban J connectivity index is 2.51. The number of thiophene rings is 1. The third kappa shape index (κ3) is 3.16. The summed E-state index contributed by atoms with van der Waals surface area (Å²) in [6.45, 7) is 6.64. The van der Waals surface area contributed by atoms with Crippen molar-refractivity contribution in [2.24, 2.45) is 0 Å². The molecule has 0 amide bonds. The van der Waals surface area contributed by atoms with E-state index in [2.05, 4.69) is 5.32 Å². The summed E-state index contributed by atoms with van der Waals surface area (Å²) < 4.78 is 15.0. The smallest absolute Gasteiger partial charge is 0.128 e. The molecule has 1 unspecified atom stereocenters. The lowest BCUT2D eigenvalue weighted by atomic mass is 9.97. The predicted molar refractivity (Wildman–Crippen MR) is 80.7 cm³/mol. The molecule has 102 valence electrons. The Bertz CT molecular complexity index is 556. The number of aryl methyl sites for hydroxylation is 2. The number of halogens is 2. The van der Waals surface area contributed by atoms with E-state index in [1.54, 1.807) is 6.07 Å². The Morgan fingerprint density at radius 2 is 2.05 bits per heavy atom. The van der Waals surface area contributed by atoms with Gasteiger partial charge in [-0.15, -0.1) is 11.3 Å². The second-order valence-corrected chi connectivity index (χ2v) is 6.36. The summed E-state index contributed by atoms with van der Waals surface area (Å²) >= 11 is 7.48. The third-order valence-electron chi connectivity index (χ3n) is 3.06. The molecule has 19 heavy (non-hydrogen) atoms. The van der Waals surface area contributed by atoms with Gasteiger partial charge in [0.25, 0.3) is 0 Å². The first kappa shape index (κ1) is 14.5. The second-order valence-electron chi connectivity index (χ2n) is 4.61. The molecular formula is C15H17ClFNS. The van der Waals surface area contributed by atoms with E-state index in [4.69, 9.17) is 11.6 Å². The van der Waals surface area contributed by atoms with Crippen LogP contribution in [0.25, 0.3) is 0 Å². The molecule has 1 aromatic heterocycles. The van der Waals surface area contributed by atoms with Crippen LogP contribution in [-0.4, -0.2) is 6.54 Å². The Morgan fingerprint density at radius 3 is 2.58 bits per heavy atom. The average Bonchev–Trinajstić information content (AvgIpc) is 2.73. The minimum absolute atomic E-state index is 0.136. The van der Waals surface area contributed by atoms with Crippen LogP contribution in [0.2, 0.25) is 4.34 Å². The Labute approximate surface area is 122 Å². The summed E-state index contributed by atoms with van der Waals surface area (Å²) in [4.78, 5) is 1.04. The van der Waals surface area contributed by atoms with E-state index in [0.717, 1.165) is 26.9 Å². The predicted octanol–water partition coefficient (Wildman–Crippen LogP) is 4.86. The first-order valence-corrected chi connectivity index (χ1v) is 7.47. The lowest BCUT2D eigenvalue weighted by Gasteiger charge is -2.20. The van der Waals surface area contributed by atoms with E-state index in [-0.39, 0.29) is 11.9 Å². The van der Waals surface area contributed by atoms with Crippen molar-refractivity contribution in [3.05, 3.63) is 56.0 Å². The van der Waals surface area contributed by atoms with Gasteiger partial charge in [0.15, 0.2) is 0 Å². The molecule has 0 aliphatic rings. The van der Waals surface area contributed by atoms with Crippen molar-refractivity contribution < 1.29 is 4.39 Å². The van der Waals surface area contributed by atoms with Gasteiger partial charge in [0.1, 0.15) is 5.82 Å². The van der Waals surface area contributed by atoms with Crippen LogP contribution < -0.4 is 5.32 Å². The molecule has 0 saturated carbocycles. The normalized spacial score (nSPS) is 12.7. The van der Waals surface area contributed by atoms with Crippen molar-refractivity contribution in [1.29, 1.82) is 0 Å². The molecule has 0 spiro atoms. The van der Waals surface area contributed by atoms with Crippen molar-refractivity contribution in [1.82, 2.24) is 5.32 Å². The van der Waals surface area contributed by atoms with Crippen LogP contribution in [0.5, 0.6) is 0 Å². The molecule has 1 nitrogen and oxygen atoms in total. The monoisotopic (exact) mass is 297 g/mol. The zero-order chi connectivity index (χ0) is 14.0. The second kappa shape index (κ2) is 6.04. The van der Waals surface area contributed by atoms with Gasteiger partial charge in [-0.3, -0.25) is 0 Å². The molecule has 2 aromatic rings. The molecule has 1 atom stereocenters. The molecule has 1 aromatic carbocycles. The number of benzene rings is 1. The van der Waals surface area contributed by atoms with Crippen LogP contribution in [0.15, 0.2) is 24.3 Å². The van der Waals surface area contributed by atoms with Crippen molar-refractivity contribution in [3.63, 3.8) is 0 Å². The van der Waals surface area contributed by atoms with E-state index in [1.807, 2.05) is 39.0 Å². The Morgan fingerprint density at radius 1 is 1.32 bits per heavy atom. The van der Waals surface area contributed by atoms with Gasteiger partial charge in [-0.05, 0) is 49.7 Å². The maximum absolute atomic E-state index is 14.3. The van der Waals surface area contributed by atoms with Crippen LogP contribution in [0.4, 0.5) is 4.39 Å². The van der Waals surface area contributed by atoms with Crippen LogP contribution >= 0.6 is 22.9 Å². The first-order chi connectivity index (χ1) is 9.02. The summed E-state index contributed by atoms with van der Waals surface area (Å²) in [5.41, 5.74) is 2.62. The molecule has 0 saturated heterocycles. The van der Waals surface area contributed by atoms with Crippen LogP contribution in [-0.2, 0) is 0 Å². The molecule has 1 heterocycles. The quantitative estimate of drug-likeness (QED) is 0.850. The zero-order valence-corrected chi connectivity index (χ0v) is 12.8. The van der Waals surface area contributed by atoms with Gasteiger partial charge in [0.2, 0.25) is 0 Å². The number of hydrogen-bond donors (Lipinski definition) is 1. The van der Waals surface area contributed by atoms with Gasteiger partial charge in [0, 0.05) is 10.4 Å². The van der Waals surface area contributed by atoms with Gasteiger partial charge in [-0.1, -0.05) is 24.6 Å².